The van der Waals surface area contributed by atoms with Crippen molar-refractivity contribution in [3.8, 4) is 0 Å². The molecule has 2 atom stereocenters. The largest absolute Gasteiger partial charge is 0.464 e. The second-order valence-electron chi connectivity index (χ2n) is 3.57. The lowest BCUT2D eigenvalue weighted by Crippen LogP contribution is -2.32. The summed E-state index contributed by atoms with van der Waals surface area (Å²) in [4.78, 5) is 11.5. The highest BCUT2D eigenvalue weighted by Crippen LogP contribution is 2.10. The molecule has 0 saturated carbocycles. The minimum atomic E-state index is -0.211. The number of methoxy groups -OCH3 is 2. The maximum atomic E-state index is 11.5. The van der Waals surface area contributed by atoms with Gasteiger partial charge in [-0.05, 0) is 0 Å². The van der Waals surface area contributed by atoms with Gasteiger partial charge in [-0.1, -0.05) is 0 Å². The predicted molar refractivity (Wildman–Crippen MR) is 54.7 cm³/mol. The van der Waals surface area contributed by atoms with Crippen LogP contribution in [0.25, 0.3) is 0 Å². The van der Waals surface area contributed by atoms with Crippen molar-refractivity contribution in [2.45, 2.75) is 25.0 Å². The van der Waals surface area contributed by atoms with E-state index in [2.05, 4.69) is 5.32 Å². The number of rotatable bonds is 6. The number of esters is 1. The summed E-state index contributed by atoms with van der Waals surface area (Å²) in [5.41, 5.74) is 0. The van der Waals surface area contributed by atoms with E-state index < -0.39 is 0 Å². The molecule has 1 fully saturated rings. The zero-order valence-electron chi connectivity index (χ0n) is 9.32. The molecule has 0 aromatic heterocycles. The predicted octanol–water partition coefficient (Wildman–Crippen LogP) is -0.0570. The van der Waals surface area contributed by atoms with Gasteiger partial charge in [0.05, 0.1) is 12.7 Å². The maximum absolute atomic E-state index is 11.5. The van der Waals surface area contributed by atoms with E-state index >= 15 is 0 Å². The highest BCUT2D eigenvalue weighted by molar-refractivity contribution is 5.76. The summed E-state index contributed by atoms with van der Waals surface area (Å²) in [7, 11) is 3.28. The number of carbonyl (C=O) groups excluding carboxylic acids is 1. The molecular weight excluding hydrogens is 198 g/mol. The van der Waals surface area contributed by atoms with Crippen LogP contribution in [-0.4, -0.2) is 52.1 Å². The molecule has 0 aromatic carbocycles. The fourth-order valence-electron chi connectivity index (χ4n) is 1.54. The number of hydrogen-bond donors (Lipinski definition) is 1. The standard InChI is InChI=1S/C10H19NO4/c1-13-4-3-5-15-10(12)9-6-8(14-2)7-11-9/h8-9,11H,3-7H2,1-2H3. The summed E-state index contributed by atoms with van der Waals surface area (Å²) in [6.07, 6.45) is 1.56. The first-order chi connectivity index (χ1) is 7.27. The Labute approximate surface area is 90.1 Å². The minimum Gasteiger partial charge on any atom is -0.464 e. The lowest BCUT2D eigenvalue weighted by Gasteiger charge is -2.10. The van der Waals surface area contributed by atoms with E-state index in [1.807, 2.05) is 0 Å². The molecule has 1 aliphatic heterocycles. The van der Waals surface area contributed by atoms with E-state index in [9.17, 15) is 4.79 Å². The summed E-state index contributed by atoms with van der Waals surface area (Å²) in [6, 6.07) is -0.211. The van der Waals surface area contributed by atoms with Crippen molar-refractivity contribution < 1.29 is 19.0 Å². The SMILES string of the molecule is COCCCOC(=O)C1CC(OC)CN1. The summed E-state index contributed by atoms with van der Waals surface area (Å²) in [5.74, 6) is -0.189. The van der Waals surface area contributed by atoms with Gasteiger partial charge < -0.3 is 19.5 Å². The number of hydrogen-bond acceptors (Lipinski definition) is 5. The minimum absolute atomic E-state index is 0.126. The quantitative estimate of drug-likeness (QED) is 0.499. The fraction of sp³-hybridized carbons (Fsp3) is 0.900. The van der Waals surface area contributed by atoms with E-state index in [1.54, 1.807) is 14.2 Å². The van der Waals surface area contributed by atoms with E-state index in [4.69, 9.17) is 14.2 Å². The zero-order valence-corrected chi connectivity index (χ0v) is 9.32. The first-order valence-corrected chi connectivity index (χ1v) is 5.19. The molecule has 5 heteroatoms. The Kier molecular flexibility index (Phi) is 5.60. The molecule has 2 unspecified atom stereocenters. The average Bonchev–Trinajstić information content (AvgIpc) is 2.72. The van der Waals surface area contributed by atoms with Crippen LogP contribution in [0.15, 0.2) is 0 Å². The Bertz CT molecular complexity index is 198. The molecule has 1 heterocycles. The van der Waals surface area contributed by atoms with Gasteiger partial charge in [-0.25, -0.2) is 0 Å². The maximum Gasteiger partial charge on any atom is 0.323 e. The van der Waals surface area contributed by atoms with Crippen LogP contribution in [0.1, 0.15) is 12.8 Å². The Balaban J connectivity index is 2.12. The lowest BCUT2D eigenvalue weighted by atomic mass is 10.2. The molecule has 1 saturated heterocycles. The van der Waals surface area contributed by atoms with Gasteiger partial charge in [-0.3, -0.25) is 4.79 Å². The van der Waals surface area contributed by atoms with E-state index in [1.165, 1.54) is 0 Å². The van der Waals surface area contributed by atoms with Gasteiger partial charge in [0.15, 0.2) is 0 Å². The molecule has 88 valence electrons. The molecule has 1 rings (SSSR count). The molecule has 0 aliphatic carbocycles. The van der Waals surface area contributed by atoms with Crippen LogP contribution < -0.4 is 5.32 Å². The van der Waals surface area contributed by atoms with E-state index in [-0.39, 0.29) is 18.1 Å². The van der Waals surface area contributed by atoms with Crippen LogP contribution in [0.4, 0.5) is 0 Å². The average molecular weight is 217 g/mol. The van der Waals surface area contributed by atoms with Crippen LogP contribution in [0, 0.1) is 0 Å². The Hall–Kier alpha value is -0.650. The van der Waals surface area contributed by atoms with Crippen LogP contribution in [0.2, 0.25) is 0 Å². The molecule has 1 aliphatic rings. The fourth-order valence-corrected chi connectivity index (χ4v) is 1.54. The number of ether oxygens (including phenoxy) is 3. The molecule has 1 N–H and O–H groups in total. The van der Waals surface area contributed by atoms with Gasteiger partial charge in [0.25, 0.3) is 0 Å². The van der Waals surface area contributed by atoms with Crippen molar-refractivity contribution in [2.75, 3.05) is 34.0 Å². The molecule has 0 bridgehead atoms. The van der Waals surface area contributed by atoms with Crippen molar-refractivity contribution >= 4 is 5.97 Å². The topological polar surface area (TPSA) is 56.8 Å². The van der Waals surface area contributed by atoms with Crippen LogP contribution in [0.5, 0.6) is 0 Å². The van der Waals surface area contributed by atoms with Crippen molar-refractivity contribution in [3.05, 3.63) is 0 Å². The summed E-state index contributed by atoms with van der Waals surface area (Å²) < 4.78 is 15.1. The third-order valence-electron chi connectivity index (χ3n) is 2.45. The number of carbonyl (C=O) groups is 1. The van der Waals surface area contributed by atoms with Crippen molar-refractivity contribution in [1.29, 1.82) is 0 Å². The Morgan fingerprint density at radius 2 is 2.20 bits per heavy atom. The molecule has 0 aromatic rings. The van der Waals surface area contributed by atoms with Gasteiger partial charge in [0.2, 0.25) is 0 Å². The van der Waals surface area contributed by atoms with E-state index in [0.717, 1.165) is 6.42 Å². The zero-order chi connectivity index (χ0) is 11.1. The monoisotopic (exact) mass is 217 g/mol. The molecule has 5 nitrogen and oxygen atoms in total. The van der Waals surface area contributed by atoms with Crippen LogP contribution in [-0.2, 0) is 19.0 Å². The highest BCUT2D eigenvalue weighted by atomic mass is 16.5. The smallest absolute Gasteiger partial charge is 0.323 e. The summed E-state index contributed by atoms with van der Waals surface area (Å²) >= 11 is 0. The third-order valence-corrected chi connectivity index (χ3v) is 2.45. The summed E-state index contributed by atoms with van der Waals surface area (Å²) in [5, 5.41) is 3.07. The number of nitrogens with one attached hydrogen (secondary N) is 1. The molecule has 0 amide bonds. The van der Waals surface area contributed by atoms with Crippen molar-refractivity contribution in [3.63, 3.8) is 0 Å². The van der Waals surface area contributed by atoms with Gasteiger partial charge in [-0.2, -0.15) is 0 Å². The molecular formula is C10H19NO4. The normalized spacial score (nSPS) is 25.5. The van der Waals surface area contributed by atoms with Gasteiger partial charge >= 0.3 is 5.97 Å². The second kappa shape index (κ2) is 6.76. The van der Waals surface area contributed by atoms with Crippen LogP contribution in [0.3, 0.4) is 0 Å². The van der Waals surface area contributed by atoms with E-state index in [0.29, 0.717) is 26.2 Å². The van der Waals surface area contributed by atoms with Crippen molar-refractivity contribution in [2.24, 2.45) is 0 Å². The summed E-state index contributed by atoms with van der Waals surface area (Å²) in [6.45, 7) is 1.75. The molecule has 15 heavy (non-hydrogen) atoms. The Morgan fingerprint density at radius 1 is 1.40 bits per heavy atom. The highest BCUT2D eigenvalue weighted by Gasteiger charge is 2.30. The lowest BCUT2D eigenvalue weighted by molar-refractivity contribution is -0.146. The second-order valence-corrected chi connectivity index (χ2v) is 3.57. The first kappa shape index (κ1) is 12.4. The van der Waals surface area contributed by atoms with Crippen molar-refractivity contribution in [1.82, 2.24) is 5.32 Å². The Morgan fingerprint density at radius 3 is 2.80 bits per heavy atom. The third kappa shape index (κ3) is 4.15. The van der Waals surface area contributed by atoms with Gasteiger partial charge in [0, 0.05) is 40.2 Å². The molecule has 0 radical (unpaired) electrons. The molecule has 0 spiro atoms. The van der Waals surface area contributed by atoms with Crippen LogP contribution >= 0.6 is 0 Å². The first-order valence-electron chi connectivity index (χ1n) is 5.19. The van der Waals surface area contributed by atoms with Gasteiger partial charge in [-0.15, -0.1) is 0 Å². The van der Waals surface area contributed by atoms with Gasteiger partial charge in [0.1, 0.15) is 6.04 Å².